The van der Waals surface area contributed by atoms with Crippen molar-refractivity contribution < 1.29 is 0 Å². The highest BCUT2D eigenvalue weighted by Crippen LogP contribution is 2.32. The minimum Gasteiger partial charge on any atom is -0.309 e. The molecule has 0 aliphatic rings. The van der Waals surface area contributed by atoms with Crippen molar-refractivity contribution in [2.24, 2.45) is 14.1 Å². The molecule has 35 heavy (non-hydrogen) atoms. The van der Waals surface area contributed by atoms with E-state index in [2.05, 4.69) is 35.7 Å². The lowest BCUT2D eigenvalue weighted by Gasteiger charge is -2.08. The van der Waals surface area contributed by atoms with Gasteiger partial charge in [0.2, 0.25) is 5.95 Å². The zero-order valence-corrected chi connectivity index (χ0v) is 19.6. The molecule has 0 bridgehead atoms. The number of pyridine rings is 1. The number of hydrogen-bond acceptors (Lipinski definition) is 7. The third-order valence-electron chi connectivity index (χ3n) is 5.73. The van der Waals surface area contributed by atoms with Crippen LogP contribution in [-0.4, -0.2) is 44.1 Å². The minimum atomic E-state index is 0.482. The van der Waals surface area contributed by atoms with Crippen molar-refractivity contribution in [2.75, 3.05) is 5.32 Å². The van der Waals surface area contributed by atoms with Gasteiger partial charge in [-0.15, -0.1) is 10.2 Å². The molecule has 5 aromatic heterocycles. The largest absolute Gasteiger partial charge is 0.309 e. The summed E-state index contributed by atoms with van der Waals surface area (Å²) in [6.07, 6.45) is 7.19. The summed E-state index contributed by atoms with van der Waals surface area (Å²) in [4.78, 5) is 8.97. The van der Waals surface area contributed by atoms with Gasteiger partial charge in [0.15, 0.2) is 11.5 Å². The Labute approximate surface area is 204 Å². The molecule has 1 N–H and O–H groups in total. The van der Waals surface area contributed by atoms with Crippen LogP contribution in [0.3, 0.4) is 0 Å². The van der Waals surface area contributed by atoms with Gasteiger partial charge in [-0.1, -0.05) is 23.7 Å². The van der Waals surface area contributed by atoms with Crippen LogP contribution in [0.15, 0.2) is 73.3 Å². The molecule has 11 heteroatoms. The van der Waals surface area contributed by atoms with E-state index < -0.39 is 0 Å². The highest BCUT2D eigenvalue weighted by atomic mass is 35.5. The highest BCUT2D eigenvalue weighted by molar-refractivity contribution is 6.30. The molecule has 0 aliphatic carbocycles. The lowest BCUT2D eigenvalue weighted by Crippen LogP contribution is -2.03. The van der Waals surface area contributed by atoms with E-state index in [1.807, 2.05) is 79.4 Å². The number of aryl methyl sites for hydroxylation is 2. The van der Waals surface area contributed by atoms with Gasteiger partial charge in [-0.25, -0.2) is 9.97 Å². The topological polar surface area (TPSA) is 104 Å². The quantitative estimate of drug-likeness (QED) is 0.388. The van der Waals surface area contributed by atoms with Crippen LogP contribution in [0.1, 0.15) is 0 Å². The van der Waals surface area contributed by atoms with E-state index in [1.165, 1.54) is 0 Å². The number of aromatic nitrogens is 9. The van der Waals surface area contributed by atoms with Gasteiger partial charge in [0.25, 0.3) is 0 Å². The summed E-state index contributed by atoms with van der Waals surface area (Å²) in [6.45, 7) is 0. The second-order valence-corrected chi connectivity index (χ2v) is 8.37. The van der Waals surface area contributed by atoms with Crippen LogP contribution in [-0.2, 0) is 14.1 Å². The Morgan fingerprint density at radius 1 is 0.857 bits per heavy atom. The van der Waals surface area contributed by atoms with Crippen molar-refractivity contribution in [1.82, 2.24) is 44.1 Å². The molecule has 0 saturated heterocycles. The third-order valence-corrected chi connectivity index (χ3v) is 5.98. The van der Waals surface area contributed by atoms with Crippen molar-refractivity contribution in [3.8, 4) is 33.9 Å². The van der Waals surface area contributed by atoms with Crippen LogP contribution in [0.4, 0.5) is 11.8 Å². The van der Waals surface area contributed by atoms with Crippen molar-refractivity contribution in [2.45, 2.75) is 0 Å². The monoisotopic (exact) mass is 482 g/mol. The van der Waals surface area contributed by atoms with E-state index in [0.29, 0.717) is 22.4 Å². The van der Waals surface area contributed by atoms with E-state index in [4.69, 9.17) is 11.6 Å². The maximum atomic E-state index is 6.07. The Morgan fingerprint density at radius 3 is 2.51 bits per heavy atom. The smallest absolute Gasteiger partial charge is 0.228 e. The first-order chi connectivity index (χ1) is 17.1. The first-order valence-electron chi connectivity index (χ1n) is 10.8. The minimum absolute atomic E-state index is 0.482. The fourth-order valence-electron chi connectivity index (χ4n) is 3.95. The lowest BCUT2D eigenvalue weighted by atomic mass is 10.1. The summed E-state index contributed by atoms with van der Waals surface area (Å²) >= 11 is 6.07. The molecule has 0 atom stereocenters. The van der Waals surface area contributed by atoms with Gasteiger partial charge >= 0.3 is 0 Å². The Morgan fingerprint density at radius 2 is 1.71 bits per heavy atom. The normalized spacial score (nSPS) is 11.3. The number of hydrogen-bond donors (Lipinski definition) is 1. The number of halogens is 1. The number of benzene rings is 1. The molecule has 0 amide bonds. The molecule has 0 radical (unpaired) electrons. The molecular weight excluding hydrogens is 464 g/mol. The number of nitrogens with one attached hydrogen (secondary N) is 1. The van der Waals surface area contributed by atoms with Gasteiger partial charge < -0.3 is 5.32 Å². The molecular formula is C24H19ClN10. The fraction of sp³-hybridized carbons (Fsp3) is 0.0833. The summed E-state index contributed by atoms with van der Waals surface area (Å²) < 4.78 is 5.46. The summed E-state index contributed by atoms with van der Waals surface area (Å²) in [6, 6.07) is 15.3. The Hall–Kier alpha value is -4.57. The molecule has 1 aromatic carbocycles. The fourth-order valence-corrected chi connectivity index (χ4v) is 4.07. The van der Waals surface area contributed by atoms with E-state index in [9.17, 15) is 0 Å². The van der Waals surface area contributed by atoms with E-state index in [1.54, 1.807) is 21.8 Å². The molecule has 0 aliphatic heterocycles. The number of rotatable bonds is 5. The van der Waals surface area contributed by atoms with E-state index in [0.717, 1.165) is 33.9 Å². The van der Waals surface area contributed by atoms with Crippen LogP contribution in [0.2, 0.25) is 5.02 Å². The standard InChI is InChI=1S/C24H19ClN10/c1-33-20(8-11-27-33)30-24-26-10-7-19(29-24)16-9-12-35-21(13-16)31-32-23(35)22-18(14-28-34(22)2)15-3-5-17(25)6-4-15/h3-14H,1-2H3,(H,26,29,30). The van der Waals surface area contributed by atoms with Gasteiger partial charge in [0, 0.05) is 48.7 Å². The third kappa shape index (κ3) is 3.79. The Balaban J connectivity index is 1.37. The van der Waals surface area contributed by atoms with Crippen LogP contribution in [0.5, 0.6) is 0 Å². The molecule has 172 valence electrons. The summed E-state index contributed by atoms with van der Waals surface area (Å²) in [7, 11) is 3.74. The predicted octanol–water partition coefficient (Wildman–Crippen LogP) is 4.38. The first-order valence-corrected chi connectivity index (χ1v) is 11.2. The molecule has 0 saturated carbocycles. The van der Waals surface area contributed by atoms with Gasteiger partial charge in [-0.05, 0) is 35.9 Å². The van der Waals surface area contributed by atoms with Crippen LogP contribution in [0.25, 0.3) is 39.5 Å². The molecule has 0 spiro atoms. The van der Waals surface area contributed by atoms with Gasteiger partial charge in [-0.3, -0.25) is 13.8 Å². The summed E-state index contributed by atoms with van der Waals surface area (Å²) in [5, 5.41) is 21.4. The molecule has 0 unspecified atom stereocenters. The number of nitrogens with zero attached hydrogens (tertiary/aromatic N) is 9. The maximum Gasteiger partial charge on any atom is 0.228 e. The van der Waals surface area contributed by atoms with Crippen LogP contribution >= 0.6 is 11.6 Å². The molecule has 6 aromatic rings. The molecule has 10 nitrogen and oxygen atoms in total. The second-order valence-electron chi connectivity index (χ2n) is 7.94. The molecule has 0 fully saturated rings. The summed E-state index contributed by atoms with van der Waals surface area (Å²) in [5.74, 6) is 1.97. The van der Waals surface area contributed by atoms with Gasteiger partial charge in [0.05, 0.1) is 18.1 Å². The van der Waals surface area contributed by atoms with Gasteiger partial charge in [0.1, 0.15) is 11.5 Å². The van der Waals surface area contributed by atoms with E-state index >= 15 is 0 Å². The average molecular weight is 483 g/mol. The lowest BCUT2D eigenvalue weighted by molar-refractivity contribution is 0.768. The second kappa shape index (κ2) is 8.33. The first kappa shape index (κ1) is 21.0. The zero-order chi connectivity index (χ0) is 23.9. The number of anilines is 2. The van der Waals surface area contributed by atoms with Crippen LogP contribution in [0, 0.1) is 0 Å². The highest BCUT2D eigenvalue weighted by Gasteiger charge is 2.19. The molecule has 6 rings (SSSR count). The zero-order valence-electron chi connectivity index (χ0n) is 18.8. The van der Waals surface area contributed by atoms with Crippen molar-refractivity contribution in [1.29, 1.82) is 0 Å². The Kier molecular flexibility index (Phi) is 5.00. The average Bonchev–Trinajstić information content (AvgIpc) is 3.58. The molecule has 5 heterocycles. The van der Waals surface area contributed by atoms with E-state index in [-0.39, 0.29) is 0 Å². The SMILES string of the molecule is Cn1nccc1Nc1nccc(-c2ccn3c(-c4c(-c5ccc(Cl)cc5)cnn4C)nnc3c2)n1. The van der Waals surface area contributed by atoms with Crippen molar-refractivity contribution in [3.63, 3.8) is 0 Å². The van der Waals surface area contributed by atoms with Gasteiger partial charge in [-0.2, -0.15) is 10.2 Å². The van der Waals surface area contributed by atoms with Crippen LogP contribution < -0.4 is 5.32 Å². The van der Waals surface area contributed by atoms with Crippen molar-refractivity contribution >= 4 is 29.0 Å². The predicted molar refractivity (Wildman–Crippen MR) is 133 cm³/mol. The number of fused-ring (bicyclic) bond motifs is 1. The van der Waals surface area contributed by atoms with Crippen molar-refractivity contribution in [3.05, 3.63) is 78.3 Å². The Bertz CT molecular complexity index is 1660. The maximum absolute atomic E-state index is 6.07. The summed E-state index contributed by atoms with van der Waals surface area (Å²) in [5.41, 5.74) is 5.16.